The van der Waals surface area contributed by atoms with Crippen LogP contribution in [0.5, 0.6) is 0 Å². The second-order valence-corrected chi connectivity index (χ2v) is 7.70. The van der Waals surface area contributed by atoms with Gasteiger partial charge in [0, 0.05) is 41.5 Å². The molecule has 1 aromatic heterocycles. The number of halogens is 1. The van der Waals surface area contributed by atoms with Gasteiger partial charge in [0.15, 0.2) is 0 Å². The highest BCUT2D eigenvalue weighted by molar-refractivity contribution is 7.99. The van der Waals surface area contributed by atoms with Crippen molar-refractivity contribution in [1.82, 2.24) is 15.6 Å². The molecule has 0 saturated carbocycles. The van der Waals surface area contributed by atoms with E-state index in [0.29, 0.717) is 6.42 Å². The molecule has 2 aromatic rings. The van der Waals surface area contributed by atoms with E-state index in [1.807, 2.05) is 42.3 Å². The number of nitrogens with one attached hydrogen (secondary N) is 2. The summed E-state index contributed by atoms with van der Waals surface area (Å²) in [5.41, 5.74) is 2.08. The first-order valence-corrected chi connectivity index (χ1v) is 9.87. The third-order valence-electron chi connectivity index (χ3n) is 3.77. The largest absolute Gasteiger partial charge is 0.347 e. The molecular weight excluding hydrogens is 362 g/mol. The second kappa shape index (κ2) is 9.42. The zero-order valence-electron chi connectivity index (χ0n) is 13.5. The van der Waals surface area contributed by atoms with Gasteiger partial charge in [0.25, 0.3) is 0 Å². The van der Waals surface area contributed by atoms with Gasteiger partial charge in [-0.05, 0) is 6.92 Å². The molecule has 130 valence electrons. The summed E-state index contributed by atoms with van der Waals surface area (Å²) in [6.07, 6.45) is 0.536. The lowest BCUT2D eigenvalue weighted by atomic mass is 10.2. The zero-order chi connectivity index (χ0) is 16.1. The van der Waals surface area contributed by atoms with Gasteiger partial charge in [-0.1, -0.05) is 30.3 Å². The number of nitrogens with zero attached hydrogens (tertiary/aromatic N) is 1. The number of hydrogen-bond donors (Lipinski definition) is 2. The van der Waals surface area contributed by atoms with Gasteiger partial charge in [-0.2, -0.15) is 11.8 Å². The maximum Gasteiger partial charge on any atom is 0.222 e. The SMILES string of the molecule is CC(NC(=O)CC1CSCCN1)c1nc(-c2ccccc2)cs1.Cl. The van der Waals surface area contributed by atoms with Gasteiger partial charge in [-0.15, -0.1) is 23.7 Å². The summed E-state index contributed by atoms with van der Waals surface area (Å²) in [4.78, 5) is 16.9. The molecule has 1 aliphatic heterocycles. The van der Waals surface area contributed by atoms with Crippen molar-refractivity contribution < 1.29 is 4.79 Å². The van der Waals surface area contributed by atoms with Gasteiger partial charge in [0.05, 0.1) is 11.7 Å². The van der Waals surface area contributed by atoms with Crippen molar-refractivity contribution in [2.45, 2.75) is 25.4 Å². The number of amides is 1. The molecule has 2 heterocycles. The topological polar surface area (TPSA) is 54.0 Å². The number of hydrogen-bond acceptors (Lipinski definition) is 5. The van der Waals surface area contributed by atoms with Crippen molar-refractivity contribution in [3.8, 4) is 11.3 Å². The van der Waals surface area contributed by atoms with Crippen molar-refractivity contribution in [3.63, 3.8) is 0 Å². The van der Waals surface area contributed by atoms with Crippen LogP contribution in [0, 0.1) is 0 Å². The van der Waals surface area contributed by atoms with Crippen molar-refractivity contribution in [1.29, 1.82) is 0 Å². The average Bonchev–Trinajstić information content (AvgIpc) is 3.06. The summed E-state index contributed by atoms with van der Waals surface area (Å²) in [6.45, 7) is 2.99. The Kier molecular flexibility index (Phi) is 7.55. The van der Waals surface area contributed by atoms with E-state index < -0.39 is 0 Å². The molecule has 0 radical (unpaired) electrons. The van der Waals surface area contributed by atoms with Crippen LogP contribution in [0.4, 0.5) is 0 Å². The quantitative estimate of drug-likeness (QED) is 0.829. The molecular formula is C17H22ClN3OS2. The predicted octanol–water partition coefficient (Wildman–Crippen LogP) is 3.50. The molecule has 0 spiro atoms. The first-order valence-electron chi connectivity index (χ1n) is 7.83. The molecule has 4 nitrogen and oxygen atoms in total. The Labute approximate surface area is 157 Å². The third-order valence-corrected chi connectivity index (χ3v) is 5.93. The lowest BCUT2D eigenvalue weighted by Crippen LogP contribution is -2.41. The lowest BCUT2D eigenvalue weighted by Gasteiger charge is -2.23. The van der Waals surface area contributed by atoms with Crippen LogP contribution in [0.25, 0.3) is 11.3 Å². The number of thioether (sulfide) groups is 1. The van der Waals surface area contributed by atoms with E-state index in [9.17, 15) is 4.79 Å². The van der Waals surface area contributed by atoms with Crippen LogP contribution in [0.2, 0.25) is 0 Å². The predicted molar refractivity (Wildman–Crippen MR) is 105 cm³/mol. The molecule has 1 amide bonds. The molecule has 7 heteroatoms. The lowest BCUT2D eigenvalue weighted by molar-refractivity contribution is -0.122. The first-order chi connectivity index (χ1) is 11.2. The molecule has 24 heavy (non-hydrogen) atoms. The molecule has 2 N–H and O–H groups in total. The molecule has 1 fully saturated rings. The van der Waals surface area contributed by atoms with Gasteiger partial charge in [-0.25, -0.2) is 4.98 Å². The minimum absolute atomic E-state index is 0. The Morgan fingerprint density at radius 3 is 2.92 bits per heavy atom. The summed E-state index contributed by atoms with van der Waals surface area (Å²) in [6, 6.07) is 10.3. The van der Waals surface area contributed by atoms with Gasteiger partial charge in [-0.3, -0.25) is 4.79 Å². The molecule has 2 unspecified atom stereocenters. The molecule has 0 bridgehead atoms. The van der Waals surface area contributed by atoms with E-state index >= 15 is 0 Å². The number of thiazole rings is 1. The zero-order valence-corrected chi connectivity index (χ0v) is 16.0. The fraction of sp³-hybridized carbons (Fsp3) is 0.412. The molecule has 1 aliphatic rings. The Bertz CT molecular complexity index is 644. The van der Waals surface area contributed by atoms with E-state index in [0.717, 1.165) is 34.3 Å². The highest BCUT2D eigenvalue weighted by Crippen LogP contribution is 2.25. The monoisotopic (exact) mass is 383 g/mol. The average molecular weight is 384 g/mol. The fourth-order valence-corrected chi connectivity index (χ4v) is 4.35. The summed E-state index contributed by atoms with van der Waals surface area (Å²) in [5.74, 6) is 2.24. The highest BCUT2D eigenvalue weighted by atomic mass is 35.5. The normalized spacial score (nSPS) is 18.5. The van der Waals surface area contributed by atoms with Crippen molar-refractivity contribution >= 4 is 41.4 Å². The van der Waals surface area contributed by atoms with E-state index in [2.05, 4.69) is 27.8 Å². The van der Waals surface area contributed by atoms with Gasteiger partial charge in [0.2, 0.25) is 5.91 Å². The fourth-order valence-electron chi connectivity index (χ4n) is 2.56. The molecule has 1 saturated heterocycles. The Balaban J connectivity index is 0.00000208. The van der Waals surface area contributed by atoms with Gasteiger partial charge in [0.1, 0.15) is 5.01 Å². The van der Waals surface area contributed by atoms with Crippen molar-refractivity contribution in [2.75, 3.05) is 18.1 Å². The summed E-state index contributed by atoms with van der Waals surface area (Å²) in [7, 11) is 0. The highest BCUT2D eigenvalue weighted by Gasteiger charge is 2.19. The van der Waals surface area contributed by atoms with E-state index in [1.54, 1.807) is 11.3 Å². The number of carbonyl (C=O) groups excluding carboxylic acids is 1. The van der Waals surface area contributed by atoms with Crippen LogP contribution < -0.4 is 10.6 Å². The van der Waals surface area contributed by atoms with E-state index in [4.69, 9.17) is 0 Å². The summed E-state index contributed by atoms with van der Waals surface area (Å²) in [5, 5.41) is 9.46. The van der Waals surface area contributed by atoms with Crippen molar-refractivity contribution in [2.24, 2.45) is 0 Å². The minimum Gasteiger partial charge on any atom is -0.347 e. The molecule has 3 rings (SSSR count). The molecule has 2 atom stereocenters. The number of carbonyl (C=O) groups is 1. The third kappa shape index (κ3) is 5.21. The van der Waals surface area contributed by atoms with Crippen LogP contribution in [0.1, 0.15) is 24.4 Å². The van der Waals surface area contributed by atoms with Crippen LogP contribution in [0.3, 0.4) is 0 Å². The minimum atomic E-state index is -0.0544. The van der Waals surface area contributed by atoms with Gasteiger partial charge < -0.3 is 10.6 Å². The summed E-state index contributed by atoms with van der Waals surface area (Å²) >= 11 is 3.50. The number of aromatic nitrogens is 1. The number of rotatable bonds is 5. The molecule has 0 aliphatic carbocycles. The molecule has 1 aromatic carbocycles. The van der Waals surface area contributed by atoms with Crippen LogP contribution in [-0.4, -0.2) is 35.0 Å². The smallest absolute Gasteiger partial charge is 0.222 e. The van der Waals surface area contributed by atoms with E-state index in [-0.39, 0.29) is 30.4 Å². The van der Waals surface area contributed by atoms with Crippen molar-refractivity contribution in [3.05, 3.63) is 40.7 Å². The summed E-state index contributed by atoms with van der Waals surface area (Å²) < 4.78 is 0. The van der Waals surface area contributed by atoms with Gasteiger partial charge >= 0.3 is 0 Å². The standard InChI is InChI=1S/C17H21N3OS2.ClH/c1-12(19-16(21)9-14-10-22-8-7-18-14)17-20-15(11-23-17)13-5-3-2-4-6-13;/h2-6,11-12,14,18H,7-10H2,1H3,(H,19,21);1H. The first kappa shape index (κ1) is 19.2. The maximum absolute atomic E-state index is 12.2. The van der Waals surface area contributed by atoms with Crippen LogP contribution in [-0.2, 0) is 4.79 Å². The number of benzene rings is 1. The Morgan fingerprint density at radius 1 is 1.42 bits per heavy atom. The maximum atomic E-state index is 12.2. The second-order valence-electron chi connectivity index (χ2n) is 5.66. The van der Waals surface area contributed by atoms with E-state index in [1.165, 1.54) is 0 Å². The van der Waals surface area contributed by atoms with Crippen LogP contribution in [0.15, 0.2) is 35.7 Å². The van der Waals surface area contributed by atoms with Crippen LogP contribution >= 0.6 is 35.5 Å². The Morgan fingerprint density at radius 2 is 2.21 bits per heavy atom. The Hall–Kier alpha value is -1.08.